The van der Waals surface area contributed by atoms with Crippen LogP contribution in [0.25, 0.3) is 6.08 Å². The highest BCUT2D eigenvalue weighted by atomic mass is 16.5. The number of morpholine rings is 1. The number of aliphatic hydroxyl groups is 1. The standard InChI is InChI=1S/C19H28N2O3/c1-15(13-16(2)22)14-20-19(23)8-5-17-3-6-18(7-4-17)21-9-11-24-12-10-21/h3-8,15-16,22H,9-14H2,1-2H3,(H,20,23). The molecule has 132 valence electrons. The summed E-state index contributed by atoms with van der Waals surface area (Å²) < 4.78 is 5.36. The van der Waals surface area contributed by atoms with Gasteiger partial charge < -0.3 is 20.1 Å². The Labute approximate surface area is 144 Å². The van der Waals surface area contributed by atoms with E-state index >= 15 is 0 Å². The zero-order chi connectivity index (χ0) is 17.4. The van der Waals surface area contributed by atoms with Gasteiger partial charge in [0.15, 0.2) is 0 Å². The third-order valence-corrected chi connectivity index (χ3v) is 4.06. The summed E-state index contributed by atoms with van der Waals surface area (Å²) in [7, 11) is 0. The fraction of sp³-hybridized carbons (Fsp3) is 0.526. The molecule has 5 heteroatoms. The molecule has 1 aromatic rings. The Morgan fingerprint density at radius 2 is 1.96 bits per heavy atom. The van der Waals surface area contributed by atoms with Gasteiger partial charge in [-0.15, -0.1) is 0 Å². The van der Waals surface area contributed by atoms with Crippen LogP contribution in [0.1, 0.15) is 25.8 Å². The van der Waals surface area contributed by atoms with Crippen molar-refractivity contribution < 1.29 is 14.6 Å². The Bertz CT molecular complexity index is 534. The van der Waals surface area contributed by atoms with Crippen molar-refractivity contribution >= 4 is 17.7 Å². The molecule has 24 heavy (non-hydrogen) atoms. The molecule has 1 heterocycles. The van der Waals surface area contributed by atoms with Crippen molar-refractivity contribution in [2.24, 2.45) is 5.92 Å². The molecule has 1 saturated heterocycles. The molecule has 0 aromatic heterocycles. The molecule has 2 rings (SSSR count). The number of amides is 1. The van der Waals surface area contributed by atoms with Crippen LogP contribution in [0.15, 0.2) is 30.3 Å². The maximum atomic E-state index is 11.8. The summed E-state index contributed by atoms with van der Waals surface area (Å²) in [4.78, 5) is 14.1. The number of aliphatic hydroxyl groups excluding tert-OH is 1. The average Bonchev–Trinajstić information content (AvgIpc) is 2.59. The van der Waals surface area contributed by atoms with Gasteiger partial charge >= 0.3 is 0 Å². The van der Waals surface area contributed by atoms with Crippen molar-refractivity contribution in [2.45, 2.75) is 26.4 Å². The Hall–Kier alpha value is -1.85. The molecule has 5 nitrogen and oxygen atoms in total. The van der Waals surface area contributed by atoms with E-state index < -0.39 is 0 Å². The van der Waals surface area contributed by atoms with Crippen molar-refractivity contribution in [3.05, 3.63) is 35.9 Å². The first-order chi connectivity index (χ1) is 11.5. The highest BCUT2D eigenvalue weighted by Gasteiger charge is 2.10. The van der Waals surface area contributed by atoms with Gasteiger partial charge in [-0.3, -0.25) is 4.79 Å². The van der Waals surface area contributed by atoms with E-state index in [9.17, 15) is 9.90 Å². The quantitative estimate of drug-likeness (QED) is 0.750. The molecule has 1 fully saturated rings. The van der Waals surface area contributed by atoms with E-state index in [1.54, 1.807) is 13.0 Å². The van der Waals surface area contributed by atoms with Crippen molar-refractivity contribution in [3.8, 4) is 0 Å². The number of nitrogens with one attached hydrogen (secondary N) is 1. The molecule has 0 spiro atoms. The molecule has 2 unspecified atom stereocenters. The van der Waals surface area contributed by atoms with E-state index in [1.807, 2.05) is 25.1 Å². The van der Waals surface area contributed by atoms with Gasteiger partial charge in [-0.25, -0.2) is 0 Å². The molecule has 0 radical (unpaired) electrons. The normalized spacial score (nSPS) is 17.7. The van der Waals surface area contributed by atoms with Gasteiger partial charge in [-0.2, -0.15) is 0 Å². The molecule has 0 saturated carbocycles. The minimum Gasteiger partial charge on any atom is -0.393 e. The second-order valence-electron chi connectivity index (χ2n) is 6.46. The molecule has 2 atom stereocenters. The number of ether oxygens (including phenoxy) is 1. The molecule has 0 aliphatic carbocycles. The highest BCUT2D eigenvalue weighted by Crippen LogP contribution is 2.17. The van der Waals surface area contributed by atoms with Crippen LogP contribution < -0.4 is 10.2 Å². The molecular formula is C19H28N2O3. The number of carbonyl (C=O) groups is 1. The number of rotatable bonds is 7. The smallest absolute Gasteiger partial charge is 0.244 e. The third kappa shape index (κ3) is 6.34. The van der Waals surface area contributed by atoms with Crippen molar-refractivity contribution in [1.82, 2.24) is 5.32 Å². The van der Waals surface area contributed by atoms with Crippen molar-refractivity contribution in [3.63, 3.8) is 0 Å². The van der Waals surface area contributed by atoms with Gasteiger partial charge in [0.1, 0.15) is 0 Å². The molecule has 1 aliphatic rings. The van der Waals surface area contributed by atoms with Gasteiger partial charge in [-0.05, 0) is 43.0 Å². The second kappa shape index (κ2) is 9.45. The van der Waals surface area contributed by atoms with E-state index in [1.165, 1.54) is 5.69 Å². The Morgan fingerprint density at radius 1 is 1.29 bits per heavy atom. The van der Waals surface area contributed by atoms with Gasteiger partial charge in [-0.1, -0.05) is 19.1 Å². The van der Waals surface area contributed by atoms with Crippen LogP contribution >= 0.6 is 0 Å². The first-order valence-corrected chi connectivity index (χ1v) is 8.61. The maximum Gasteiger partial charge on any atom is 0.244 e. The molecule has 0 bridgehead atoms. The molecule has 1 amide bonds. The summed E-state index contributed by atoms with van der Waals surface area (Å²) in [5.41, 5.74) is 2.19. The Balaban J connectivity index is 1.79. The summed E-state index contributed by atoms with van der Waals surface area (Å²) in [5, 5.41) is 12.2. The van der Waals surface area contributed by atoms with E-state index in [0.29, 0.717) is 13.0 Å². The van der Waals surface area contributed by atoms with Crippen LogP contribution in [0, 0.1) is 5.92 Å². The number of hydrogen-bond donors (Lipinski definition) is 2. The molecule has 2 N–H and O–H groups in total. The van der Waals surface area contributed by atoms with E-state index in [2.05, 4.69) is 22.3 Å². The van der Waals surface area contributed by atoms with E-state index in [4.69, 9.17) is 4.74 Å². The van der Waals surface area contributed by atoms with Crippen LogP contribution in [0.4, 0.5) is 5.69 Å². The predicted octanol–water partition coefficient (Wildman–Crippen LogP) is 2.06. The minimum absolute atomic E-state index is 0.107. The Morgan fingerprint density at radius 3 is 2.58 bits per heavy atom. The summed E-state index contributed by atoms with van der Waals surface area (Å²) in [6.07, 6.45) is 3.72. The van der Waals surface area contributed by atoms with Crippen LogP contribution in [0.5, 0.6) is 0 Å². The van der Waals surface area contributed by atoms with Gasteiger partial charge in [0.05, 0.1) is 19.3 Å². The van der Waals surface area contributed by atoms with Gasteiger partial charge in [0, 0.05) is 31.4 Å². The lowest BCUT2D eigenvalue weighted by molar-refractivity contribution is -0.116. The zero-order valence-electron chi connectivity index (χ0n) is 14.6. The highest BCUT2D eigenvalue weighted by molar-refractivity contribution is 5.91. The van der Waals surface area contributed by atoms with Crippen LogP contribution in [-0.2, 0) is 9.53 Å². The summed E-state index contributed by atoms with van der Waals surface area (Å²) in [5.74, 6) is 0.153. The second-order valence-corrected chi connectivity index (χ2v) is 6.46. The first kappa shape index (κ1) is 18.5. The monoisotopic (exact) mass is 332 g/mol. The number of anilines is 1. The summed E-state index contributed by atoms with van der Waals surface area (Å²) in [6, 6.07) is 8.19. The van der Waals surface area contributed by atoms with Gasteiger partial charge in [0.2, 0.25) is 5.91 Å². The predicted molar refractivity (Wildman–Crippen MR) is 97.0 cm³/mol. The molecular weight excluding hydrogens is 304 g/mol. The SMILES string of the molecule is CC(O)CC(C)CNC(=O)C=Cc1ccc(N2CCOCC2)cc1. The Kier molecular flexibility index (Phi) is 7.28. The fourth-order valence-electron chi connectivity index (χ4n) is 2.79. The van der Waals surface area contributed by atoms with Crippen molar-refractivity contribution in [2.75, 3.05) is 37.7 Å². The first-order valence-electron chi connectivity index (χ1n) is 8.61. The van der Waals surface area contributed by atoms with Crippen LogP contribution in [-0.4, -0.2) is 50.0 Å². The number of hydrogen-bond acceptors (Lipinski definition) is 4. The van der Waals surface area contributed by atoms with Crippen molar-refractivity contribution in [1.29, 1.82) is 0 Å². The number of benzene rings is 1. The van der Waals surface area contributed by atoms with E-state index in [0.717, 1.165) is 31.9 Å². The molecule has 1 aromatic carbocycles. The largest absolute Gasteiger partial charge is 0.393 e. The summed E-state index contributed by atoms with van der Waals surface area (Å²) >= 11 is 0. The lowest BCUT2D eigenvalue weighted by Crippen LogP contribution is -2.36. The number of carbonyl (C=O) groups excluding carboxylic acids is 1. The third-order valence-electron chi connectivity index (χ3n) is 4.06. The number of nitrogens with zero attached hydrogens (tertiary/aromatic N) is 1. The summed E-state index contributed by atoms with van der Waals surface area (Å²) in [6.45, 7) is 7.74. The van der Waals surface area contributed by atoms with E-state index in [-0.39, 0.29) is 17.9 Å². The fourth-order valence-corrected chi connectivity index (χ4v) is 2.79. The lowest BCUT2D eigenvalue weighted by atomic mass is 10.0. The van der Waals surface area contributed by atoms with Gasteiger partial charge in [0.25, 0.3) is 0 Å². The molecule has 1 aliphatic heterocycles. The zero-order valence-corrected chi connectivity index (χ0v) is 14.6. The average molecular weight is 332 g/mol. The van der Waals surface area contributed by atoms with Crippen LogP contribution in [0.2, 0.25) is 0 Å². The topological polar surface area (TPSA) is 61.8 Å². The lowest BCUT2D eigenvalue weighted by Gasteiger charge is -2.28. The van der Waals surface area contributed by atoms with Crippen LogP contribution in [0.3, 0.4) is 0 Å². The maximum absolute atomic E-state index is 11.8. The minimum atomic E-state index is -0.336.